The van der Waals surface area contributed by atoms with Gasteiger partial charge in [-0.25, -0.2) is 4.79 Å². The van der Waals surface area contributed by atoms with Crippen molar-refractivity contribution in [2.24, 2.45) is 5.92 Å². The topological polar surface area (TPSA) is 48.0 Å². The van der Waals surface area contributed by atoms with Gasteiger partial charge in [-0.2, -0.15) is 0 Å². The van der Waals surface area contributed by atoms with Gasteiger partial charge in [0.1, 0.15) is 0 Å². The van der Waals surface area contributed by atoms with E-state index in [0.29, 0.717) is 13.2 Å². The first kappa shape index (κ1) is 15.8. The van der Waals surface area contributed by atoms with Crippen LogP contribution >= 0.6 is 0 Å². The van der Waals surface area contributed by atoms with Crippen molar-refractivity contribution >= 4 is 12.2 Å². The number of benzene rings is 1. The van der Waals surface area contributed by atoms with E-state index in [0.717, 1.165) is 22.4 Å². The van der Waals surface area contributed by atoms with Crippen LogP contribution < -0.4 is 0 Å². The van der Waals surface area contributed by atoms with Crippen molar-refractivity contribution in [3.8, 4) is 0 Å². The second kappa shape index (κ2) is 6.56. The van der Waals surface area contributed by atoms with E-state index < -0.39 is 0 Å². The summed E-state index contributed by atoms with van der Waals surface area (Å²) in [5, 5.41) is 0. The molecule has 1 amide bonds. The van der Waals surface area contributed by atoms with Gasteiger partial charge in [0.05, 0.1) is 32.1 Å². The maximum Gasteiger partial charge on any atom is 0.414 e. The number of amides is 1. The Bertz CT molecular complexity index is 665. The molecule has 0 radical (unpaired) electrons. The number of carbonyl (C=O) groups is 1. The molecule has 23 heavy (non-hydrogen) atoms. The fourth-order valence-electron chi connectivity index (χ4n) is 3.52. The summed E-state index contributed by atoms with van der Waals surface area (Å²) in [6, 6.07) is 8.00. The summed E-state index contributed by atoms with van der Waals surface area (Å²) in [7, 11) is 4.69. The minimum atomic E-state index is -0.372. The molecule has 122 valence electrons. The SMILES string of the molecule is COCC1=C(COC)N(C(=O)OC)[C@@H]2c3ccccc3C=C[C@H]12. The summed E-state index contributed by atoms with van der Waals surface area (Å²) in [6.45, 7) is 0.802. The number of fused-ring (bicyclic) bond motifs is 3. The van der Waals surface area contributed by atoms with Crippen molar-refractivity contribution in [2.45, 2.75) is 6.04 Å². The maximum absolute atomic E-state index is 12.5. The molecule has 2 atom stereocenters. The molecular weight excluding hydrogens is 294 g/mol. The van der Waals surface area contributed by atoms with E-state index in [2.05, 4.69) is 24.3 Å². The summed E-state index contributed by atoms with van der Waals surface area (Å²) in [5.74, 6) is 0.0779. The van der Waals surface area contributed by atoms with Crippen LogP contribution in [0.3, 0.4) is 0 Å². The van der Waals surface area contributed by atoms with Crippen LogP contribution in [0.25, 0.3) is 6.08 Å². The van der Waals surface area contributed by atoms with Gasteiger partial charge in [-0.1, -0.05) is 36.4 Å². The Balaban J connectivity index is 2.13. The summed E-state index contributed by atoms with van der Waals surface area (Å²) in [6.07, 6.45) is 3.88. The van der Waals surface area contributed by atoms with Crippen LogP contribution in [0.15, 0.2) is 41.6 Å². The van der Waals surface area contributed by atoms with Gasteiger partial charge in [0.25, 0.3) is 0 Å². The van der Waals surface area contributed by atoms with Crippen LogP contribution in [0.1, 0.15) is 17.2 Å². The molecule has 0 spiro atoms. The van der Waals surface area contributed by atoms with E-state index in [1.807, 2.05) is 12.1 Å². The van der Waals surface area contributed by atoms with Gasteiger partial charge in [-0.15, -0.1) is 0 Å². The van der Waals surface area contributed by atoms with Crippen molar-refractivity contribution < 1.29 is 19.0 Å². The average Bonchev–Trinajstić information content (AvgIpc) is 2.89. The smallest absolute Gasteiger partial charge is 0.414 e. The zero-order chi connectivity index (χ0) is 16.4. The Morgan fingerprint density at radius 3 is 2.57 bits per heavy atom. The lowest BCUT2D eigenvalue weighted by atomic mass is 9.82. The van der Waals surface area contributed by atoms with Crippen LogP contribution in [0.5, 0.6) is 0 Å². The predicted molar refractivity (Wildman–Crippen MR) is 86.7 cm³/mol. The van der Waals surface area contributed by atoms with Crippen molar-refractivity contribution in [3.05, 3.63) is 52.7 Å². The normalized spacial score (nSPS) is 22.1. The van der Waals surface area contributed by atoms with E-state index in [9.17, 15) is 4.79 Å². The van der Waals surface area contributed by atoms with Gasteiger partial charge in [-0.05, 0) is 16.7 Å². The number of hydrogen-bond donors (Lipinski definition) is 0. The van der Waals surface area contributed by atoms with Crippen molar-refractivity contribution in [1.29, 1.82) is 0 Å². The number of ether oxygens (including phenoxy) is 3. The summed E-state index contributed by atoms with van der Waals surface area (Å²) >= 11 is 0. The molecule has 0 saturated carbocycles. The standard InChI is InChI=1S/C18H21NO4/c1-21-10-15-14-9-8-12-6-4-5-7-13(12)17(14)19(18(20)23-3)16(15)11-22-2/h4-9,14,17H,10-11H2,1-3H3/t14-,17-/m1/s1. The molecule has 0 aromatic heterocycles. The highest BCUT2D eigenvalue weighted by Gasteiger charge is 2.45. The van der Waals surface area contributed by atoms with Crippen LogP contribution in [-0.4, -0.2) is 45.5 Å². The van der Waals surface area contributed by atoms with E-state index in [1.165, 1.54) is 7.11 Å². The van der Waals surface area contributed by atoms with Crippen LogP contribution in [0.2, 0.25) is 0 Å². The first-order chi connectivity index (χ1) is 11.2. The number of hydrogen-bond acceptors (Lipinski definition) is 4. The maximum atomic E-state index is 12.5. The molecule has 0 bridgehead atoms. The average molecular weight is 315 g/mol. The third kappa shape index (κ3) is 2.56. The zero-order valence-corrected chi connectivity index (χ0v) is 13.6. The number of nitrogens with zero attached hydrogens (tertiary/aromatic N) is 1. The van der Waals surface area contributed by atoms with Crippen molar-refractivity contribution in [2.75, 3.05) is 34.5 Å². The van der Waals surface area contributed by atoms with Gasteiger partial charge >= 0.3 is 6.09 Å². The summed E-state index contributed by atoms with van der Waals surface area (Å²) in [4.78, 5) is 14.2. The minimum Gasteiger partial charge on any atom is -0.452 e. The Hall–Kier alpha value is -2.11. The largest absolute Gasteiger partial charge is 0.452 e. The van der Waals surface area contributed by atoms with Crippen molar-refractivity contribution in [3.63, 3.8) is 0 Å². The van der Waals surface area contributed by atoms with E-state index in [4.69, 9.17) is 14.2 Å². The van der Waals surface area contributed by atoms with Gasteiger partial charge in [0, 0.05) is 20.1 Å². The fourth-order valence-corrected chi connectivity index (χ4v) is 3.52. The molecular formula is C18H21NO4. The minimum absolute atomic E-state index is 0.0779. The Labute approximate surface area is 136 Å². The summed E-state index contributed by atoms with van der Waals surface area (Å²) in [5.41, 5.74) is 4.14. The number of methoxy groups -OCH3 is 3. The predicted octanol–water partition coefficient (Wildman–Crippen LogP) is 3.00. The summed E-state index contributed by atoms with van der Waals surface area (Å²) < 4.78 is 15.7. The lowest BCUT2D eigenvalue weighted by molar-refractivity contribution is 0.110. The second-order valence-electron chi connectivity index (χ2n) is 5.64. The number of rotatable bonds is 4. The van der Waals surface area contributed by atoms with Gasteiger partial charge in [-0.3, -0.25) is 4.90 Å². The molecule has 1 heterocycles. The van der Waals surface area contributed by atoms with Gasteiger partial charge < -0.3 is 14.2 Å². The fraction of sp³-hybridized carbons (Fsp3) is 0.389. The third-order valence-corrected chi connectivity index (χ3v) is 4.43. The highest BCUT2D eigenvalue weighted by molar-refractivity contribution is 5.74. The lowest BCUT2D eigenvalue weighted by Gasteiger charge is -2.32. The van der Waals surface area contributed by atoms with Gasteiger partial charge in [0.15, 0.2) is 0 Å². The first-order valence-electron chi connectivity index (χ1n) is 7.57. The third-order valence-electron chi connectivity index (χ3n) is 4.43. The molecule has 1 aliphatic heterocycles. The first-order valence-corrected chi connectivity index (χ1v) is 7.57. The Morgan fingerprint density at radius 1 is 1.13 bits per heavy atom. The van der Waals surface area contributed by atoms with E-state index in [1.54, 1.807) is 19.1 Å². The van der Waals surface area contributed by atoms with E-state index in [-0.39, 0.29) is 18.1 Å². The molecule has 5 nitrogen and oxygen atoms in total. The highest BCUT2D eigenvalue weighted by atomic mass is 16.5. The number of carbonyl (C=O) groups excluding carboxylic acids is 1. The molecule has 1 aromatic rings. The molecule has 1 aromatic carbocycles. The lowest BCUT2D eigenvalue weighted by Crippen LogP contribution is -2.34. The quantitative estimate of drug-likeness (QED) is 0.857. The van der Waals surface area contributed by atoms with Crippen LogP contribution in [-0.2, 0) is 14.2 Å². The molecule has 0 fully saturated rings. The van der Waals surface area contributed by atoms with Crippen LogP contribution in [0, 0.1) is 5.92 Å². The molecule has 3 rings (SSSR count). The molecule has 5 heteroatoms. The van der Waals surface area contributed by atoms with E-state index >= 15 is 0 Å². The molecule has 1 aliphatic carbocycles. The molecule has 2 aliphatic rings. The molecule has 0 saturated heterocycles. The van der Waals surface area contributed by atoms with Crippen molar-refractivity contribution in [1.82, 2.24) is 4.90 Å². The van der Waals surface area contributed by atoms with Crippen LogP contribution in [0.4, 0.5) is 4.79 Å². The second-order valence-corrected chi connectivity index (χ2v) is 5.64. The monoisotopic (exact) mass is 315 g/mol. The highest BCUT2D eigenvalue weighted by Crippen LogP contribution is 2.48. The Kier molecular flexibility index (Phi) is 4.50. The Morgan fingerprint density at radius 2 is 1.87 bits per heavy atom. The molecule has 0 N–H and O–H groups in total. The van der Waals surface area contributed by atoms with Gasteiger partial charge in [0.2, 0.25) is 0 Å². The molecule has 0 unspecified atom stereocenters. The zero-order valence-electron chi connectivity index (χ0n) is 13.6.